The molecule has 0 aliphatic heterocycles. The van der Waals surface area contributed by atoms with Crippen LogP contribution in [-0.2, 0) is 24.4 Å². The van der Waals surface area contributed by atoms with Crippen LogP contribution in [-0.4, -0.2) is 17.0 Å². The first-order chi connectivity index (χ1) is 12.8. The van der Waals surface area contributed by atoms with E-state index in [2.05, 4.69) is 17.2 Å². The van der Waals surface area contributed by atoms with E-state index in [0.29, 0.717) is 0 Å². The number of aryl methyl sites for hydroxylation is 1. The Kier molecular flexibility index (Phi) is 5.22. The van der Waals surface area contributed by atoms with Gasteiger partial charge in [0, 0.05) is 29.7 Å². The monoisotopic (exact) mass is 370 g/mol. The minimum Gasteiger partial charge on any atom is -0.350 e. The third-order valence-corrected chi connectivity index (χ3v) is 4.13. The lowest BCUT2D eigenvalue weighted by Gasteiger charge is -2.05. The van der Waals surface area contributed by atoms with Crippen molar-refractivity contribution < 1.29 is 18.0 Å². The molecule has 0 radical (unpaired) electrons. The molecule has 0 fully saturated rings. The van der Waals surface area contributed by atoms with Crippen LogP contribution in [0.25, 0.3) is 10.9 Å². The summed E-state index contributed by atoms with van der Waals surface area (Å²) >= 11 is 0. The fourth-order valence-corrected chi connectivity index (χ4v) is 2.86. The third kappa shape index (κ3) is 4.50. The molecule has 0 aliphatic rings. The number of aromatic nitrogens is 1. The molecule has 0 atom stereocenters. The van der Waals surface area contributed by atoms with Gasteiger partial charge in [-0.05, 0) is 29.8 Å². The number of rotatable bonds is 3. The van der Waals surface area contributed by atoms with Crippen LogP contribution in [0.4, 0.5) is 13.2 Å². The molecular formula is C21H17F3N2O. The molecule has 0 saturated carbocycles. The zero-order valence-electron chi connectivity index (χ0n) is 14.6. The van der Waals surface area contributed by atoms with Crippen molar-refractivity contribution in [2.75, 3.05) is 6.54 Å². The number of halogens is 3. The average molecular weight is 370 g/mol. The Morgan fingerprint density at radius 2 is 1.93 bits per heavy atom. The third-order valence-electron chi connectivity index (χ3n) is 4.13. The topological polar surface area (TPSA) is 34.0 Å². The van der Waals surface area contributed by atoms with Crippen molar-refractivity contribution in [1.29, 1.82) is 0 Å². The first-order valence-electron chi connectivity index (χ1n) is 8.30. The van der Waals surface area contributed by atoms with Crippen molar-refractivity contribution in [2.24, 2.45) is 7.05 Å². The standard InChI is InChI=1S/C21H17F3N2O/c1-26-14-16(18-9-2-3-10-19(18)26)13-20(27)25-11-5-7-15-6-4-8-17(12-15)21(22,23)24/h2-4,6,8-10,12,14H,11,13H2,1H3,(H,25,27). The molecule has 0 spiro atoms. The SMILES string of the molecule is Cn1cc(CC(=O)NCC#Cc2cccc(C(F)(F)F)c2)c2ccccc21. The second-order valence-electron chi connectivity index (χ2n) is 6.12. The van der Waals surface area contributed by atoms with E-state index in [4.69, 9.17) is 0 Å². The molecular weight excluding hydrogens is 353 g/mol. The van der Waals surface area contributed by atoms with Crippen LogP contribution >= 0.6 is 0 Å². The van der Waals surface area contributed by atoms with Crippen LogP contribution in [0, 0.1) is 11.8 Å². The fraction of sp³-hybridized carbons (Fsp3) is 0.190. The highest BCUT2D eigenvalue weighted by molar-refractivity contribution is 5.89. The molecule has 1 amide bonds. The Bertz CT molecular complexity index is 1040. The minimum atomic E-state index is -4.40. The molecule has 138 valence electrons. The molecule has 0 saturated heterocycles. The predicted octanol–water partition coefficient (Wildman–Crippen LogP) is 3.91. The van der Waals surface area contributed by atoms with Gasteiger partial charge in [0.15, 0.2) is 0 Å². The van der Waals surface area contributed by atoms with E-state index in [1.807, 2.05) is 42.1 Å². The minimum absolute atomic E-state index is 0.0693. The molecule has 2 aromatic carbocycles. The van der Waals surface area contributed by atoms with Gasteiger partial charge in [-0.3, -0.25) is 4.79 Å². The first-order valence-corrected chi connectivity index (χ1v) is 8.30. The lowest BCUT2D eigenvalue weighted by atomic mass is 10.1. The highest BCUT2D eigenvalue weighted by Crippen LogP contribution is 2.29. The number of fused-ring (bicyclic) bond motifs is 1. The van der Waals surface area contributed by atoms with Crippen molar-refractivity contribution in [3.8, 4) is 11.8 Å². The number of benzene rings is 2. The summed E-state index contributed by atoms with van der Waals surface area (Å²) in [7, 11) is 1.92. The molecule has 1 aromatic heterocycles. The number of nitrogens with one attached hydrogen (secondary N) is 1. The number of para-hydroxylation sites is 1. The Morgan fingerprint density at radius 3 is 2.70 bits per heavy atom. The van der Waals surface area contributed by atoms with E-state index < -0.39 is 11.7 Å². The maximum Gasteiger partial charge on any atom is 0.416 e. The Hall–Kier alpha value is -3.20. The normalized spacial score (nSPS) is 11.1. The number of hydrogen-bond acceptors (Lipinski definition) is 1. The van der Waals surface area contributed by atoms with Gasteiger partial charge >= 0.3 is 6.18 Å². The van der Waals surface area contributed by atoms with Gasteiger partial charge in [0.25, 0.3) is 0 Å². The maximum absolute atomic E-state index is 12.7. The van der Waals surface area contributed by atoms with E-state index in [0.717, 1.165) is 28.6 Å². The molecule has 27 heavy (non-hydrogen) atoms. The van der Waals surface area contributed by atoms with Gasteiger partial charge in [-0.15, -0.1) is 0 Å². The van der Waals surface area contributed by atoms with Crippen LogP contribution in [0.2, 0.25) is 0 Å². The van der Waals surface area contributed by atoms with Gasteiger partial charge in [-0.1, -0.05) is 36.1 Å². The Morgan fingerprint density at radius 1 is 1.15 bits per heavy atom. The number of carbonyl (C=O) groups is 1. The fourth-order valence-electron chi connectivity index (χ4n) is 2.86. The summed E-state index contributed by atoms with van der Waals surface area (Å²) in [4.78, 5) is 12.1. The average Bonchev–Trinajstić information content (AvgIpc) is 2.94. The molecule has 1 N–H and O–H groups in total. The van der Waals surface area contributed by atoms with Crippen LogP contribution in [0.1, 0.15) is 16.7 Å². The van der Waals surface area contributed by atoms with Crippen molar-refractivity contribution >= 4 is 16.8 Å². The number of alkyl halides is 3. The van der Waals surface area contributed by atoms with E-state index in [-0.39, 0.29) is 24.4 Å². The molecule has 1 heterocycles. The summed E-state index contributed by atoms with van der Waals surface area (Å²) in [6.07, 6.45) is -2.27. The molecule has 3 rings (SSSR count). The van der Waals surface area contributed by atoms with E-state index in [9.17, 15) is 18.0 Å². The van der Waals surface area contributed by atoms with Crippen molar-refractivity contribution in [1.82, 2.24) is 9.88 Å². The molecule has 0 unspecified atom stereocenters. The lowest BCUT2D eigenvalue weighted by Crippen LogP contribution is -2.25. The van der Waals surface area contributed by atoms with Crippen molar-refractivity contribution in [3.05, 3.63) is 71.4 Å². The highest BCUT2D eigenvalue weighted by Gasteiger charge is 2.30. The highest BCUT2D eigenvalue weighted by atomic mass is 19.4. The van der Waals surface area contributed by atoms with Crippen LogP contribution < -0.4 is 5.32 Å². The molecule has 6 heteroatoms. The van der Waals surface area contributed by atoms with Crippen molar-refractivity contribution in [3.63, 3.8) is 0 Å². The maximum atomic E-state index is 12.7. The summed E-state index contributed by atoms with van der Waals surface area (Å²) in [5.41, 5.74) is 1.48. The predicted molar refractivity (Wildman–Crippen MR) is 98.0 cm³/mol. The van der Waals surface area contributed by atoms with Gasteiger partial charge < -0.3 is 9.88 Å². The molecule has 0 aliphatic carbocycles. The van der Waals surface area contributed by atoms with Crippen LogP contribution in [0.15, 0.2) is 54.7 Å². The number of nitrogens with zero attached hydrogens (tertiary/aromatic N) is 1. The number of hydrogen-bond donors (Lipinski definition) is 1. The van der Waals surface area contributed by atoms with Gasteiger partial charge in [-0.25, -0.2) is 0 Å². The zero-order valence-corrected chi connectivity index (χ0v) is 14.6. The number of carbonyl (C=O) groups excluding carboxylic acids is 1. The van der Waals surface area contributed by atoms with E-state index in [1.165, 1.54) is 12.1 Å². The summed E-state index contributed by atoms with van der Waals surface area (Å²) in [5.74, 6) is 5.14. The van der Waals surface area contributed by atoms with Crippen molar-refractivity contribution in [2.45, 2.75) is 12.6 Å². The molecule has 0 bridgehead atoms. The Balaban J connectivity index is 1.60. The summed E-state index contributed by atoms with van der Waals surface area (Å²) < 4.78 is 40.0. The van der Waals surface area contributed by atoms with Gasteiger partial charge in [0.05, 0.1) is 18.5 Å². The van der Waals surface area contributed by atoms with Crippen LogP contribution in [0.5, 0.6) is 0 Å². The first kappa shape index (κ1) is 18.6. The Labute approximate surface area is 154 Å². The largest absolute Gasteiger partial charge is 0.416 e. The molecule has 3 aromatic rings. The van der Waals surface area contributed by atoms with Gasteiger partial charge in [0.2, 0.25) is 5.91 Å². The number of amides is 1. The summed E-state index contributed by atoms with van der Waals surface area (Å²) in [5, 5.41) is 3.69. The van der Waals surface area contributed by atoms with E-state index in [1.54, 1.807) is 0 Å². The van der Waals surface area contributed by atoms with Crippen LogP contribution in [0.3, 0.4) is 0 Å². The quantitative estimate of drug-likeness (QED) is 0.697. The van der Waals surface area contributed by atoms with Gasteiger partial charge in [-0.2, -0.15) is 13.2 Å². The van der Waals surface area contributed by atoms with E-state index >= 15 is 0 Å². The second-order valence-corrected chi connectivity index (χ2v) is 6.12. The zero-order chi connectivity index (χ0) is 19.4. The lowest BCUT2D eigenvalue weighted by molar-refractivity contribution is -0.137. The molecule has 3 nitrogen and oxygen atoms in total. The summed E-state index contributed by atoms with van der Waals surface area (Å²) in [6.45, 7) is 0.0693. The summed E-state index contributed by atoms with van der Waals surface area (Å²) in [6, 6.07) is 12.6. The smallest absolute Gasteiger partial charge is 0.350 e. The van der Waals surface area contributed by atoms with Gasteiger partial charge in [0.1, 0.15) is 0 Å². The second kappa shape index (κ2) is 7.58.